The van der Waals surface area contributed by atoms with Crippen molar-refractivity contribution in [2.75, 3.05) is 5.73 Å². The molecule has 76 valence electrons. The van der Waals surface area contributed by atoms with Gasteiger partial charge in [0.2, 0.25) is 0 Å². The quantitative estimate of drug-likeness (QED) is 0.596. The standard InChI is InChI=1S/C7H9ClN4O2/c8-4-2-5(10)12-6(11-4)1-3(9)7(13)14/h2-3H,1,9H2,(H,13,14)(H2,10,11,12). The SMILES string of the molecule is Nc1cc(Cl)nc(CC(N)C(=O)O)n1. The van der Waals surface area contributed by atoms with Gasteiger partial charge in [0.05, 0.1) is 0 Å². The zero-order valence-corrected chi connectivity index (χ0v) is 7.90. The maximum Gasteiger partial charge on any atom is 0.320 e. The molecule has 0 aliphatic rings. The maximum atomic E-state index is 10.4. The lowest BCUT2D eigenvalue weighted by molar-refractivity contribution is -0.138. The van der Waals surface area contributed by atoms with Crippen molar-refractivity contribution < 1.29 is 9.90 Å². The number of carboxylic acids is 1. The molecule has 14 heavy (non-hydrogen) atoms. The third kappa shape index (κ3) is 2.82. The average Bonchev–Trinajstić information content (AvgIpc) is 2.01. The number of nitrogens with zero attached hydrogens (tertiary/aromatic N) is 2. The normalized spacial score (nSPS) is 12.4. The molecule has 1 unspecified atom stereocenters. The summed E-state index contributed by atoms with van der Waals surface area (Å²) in [4.78, 5) is 18.0. The van der Waals surface area contributed by atoms with Crippen molar-refractivity contribution >= 4 is 23.4 Å². The van der Waals surface area contributed by atoms with E-state index in [1.54, 1.807) is 0 Å². The van der Waals surface area contributed by atoms with Gasteiger partial charge in [-0.05, 0) is 0 Å². The molecule has 5 N–H and O–H groups in total. The number of carboxylic acid groups (broad SMARTS) is 1. The lowest BCUT2D eigenvalue weighted by Gasteiger charge is -2.05. The Hall–Kier alpha value is -1.40. The molecule has 0 saturated heterocycles. The van der Waals surface area contributed by atoms with Crippen molar-refractivity contribution in [2.45, 2.75) is 12.5 Å². The Labute approximate surface area is 84.9 Å². The molecule has 0 saturated carbocycles. The second-order valence-electron chi connectivity index (χ2n) is 2.68. The van der Waals surface area contributed by atoms with Crippen LogP contribution in [0.25, 0.3) is 0 Å². The minimum absolute atomic E-state index is 0.0000926. The van der Waals surface area contributed by atoms with E-state index in [9.17, 15) is 4.79 Å². The molecule has 7 heteroatoms. The Bertz CT molecular complexity index is 337. The first-order valence-corrected chi connectivity index (χ1v) is 4.14. The molecule has 0 aromatic carbocycles. The van der Waals surface area contributed by atoms with Crippen molar-refractivity contribution in [3.63, 3.8) is 0 Å². The topological polar surface area (TPSA) is 115 Å². The molecule has 0 amide bonds. The predicted molar refractivity (Wildman–Crippen MR) is 50.8 cm³/mol. The molecule has 0 bridgehead atoms. The molecular weight excluding hydrogens is 208 g/mol. The number of aliphatic carboxylic acids is 1. The second kappa shape index (κ2) is 4.21. The van der Waals surface area contributed by atoms with Crippen molar-refractivity contribution in [3.8, 4) is 0 Å². The lowest BCUT2D eigenvalue weighted by Crippen LogP contribution is -2.33. The van der Waals surface area contributed by atoms with Crippen LogP contribution >= 0.6 is 11.6 Å². The number of nitrogen functional groups attached to an aromatic ring is 1. The molecule has 0 aliphatic carbocycles. The minimum atomic E-state index is -1.12. The fraction of sp³-hybridized carbons (Fsp3) is 0.286. The van der Waals surface area contributed by atoms with E-state index in [0.717, 1.165) is 0 Å². The van der Waals surface area contributed by atoms with Gasteiger partial charge in [0.1, 0.15) is 22.8 Å². The molecule has 1 rings (SSSR count). The highest BCUT2D eigenvalue weighted by molar-refractivity contribution is 6.29. The first-order valence-electron chi connectivity index (χ1n) is 3.76. The Morgan fingerprint density at radius 1 is 1.64 bits per heavy atom. The van der Waals surface area contributed by atoms with Crippen molar-refractivity contribution in [1.29, 1.82) is 0 Å². The summed E-state index contributed by atoms with van der Waals surface area (Å²) in [5, 5.41) is 8.71. The Morgan fingerprint density at radius 3 is 2.79 bits per heavy atom. The molecular formula is C7H9ClN4O2. The van der Waals surface area contributed by atoms with E-state index in [2.05, 4.69) is 9.97 Å². The molecule has 6 nitrogen and oxygen atoms in total. The predicted octanol–water partition coefficient (Wildman–Crippen LogP) is -0.333. The lowest BCUT2D eigenvalue weighted by atomic mass is 10.2. The van der Waals surface area contributed by atoms with Crippen LogP contribution in [0.2, 0.25) is 5.15 Å². The van der Waals surface area contributed by atoms with Crippen molar-refractivity contribution in [3.05, 3.63) is 17.0 Å². The number of hydrogen-bond donors (Lipinski definition) is 3. The number of aromatic nitrogens is 2. The average molecular weight is 217 g/mol. The van der Waals surface area contributed by atoms with E-state index in [1.165, 1.54) is 6.07 Å². The van der Waals surface area contributed by atoms with Crippen LogP contribution in [0, 0.1) is 0 Å². The van der Waals surface area contributed by atoms with Gasteiger partial charge in [-0.15, -0.1) is 0 Å². The van der Waals surface area contributed by atoms with Gasteiger partial charge in [-0.1, -0.05) is 11.6 Å². The van der Waals surface area contributed by atoms with Crippen LogP contribution in [0.1, 0.15) is 5.82 Å². The number of hydrogen-bond acceptors (Lipinski definition) is 5. The molecule has 0 aliphatic heterocycles. The van der Waals surface area contributed by atoms with Crippen LogP contribution in [-0.4, -0.2) is 27.1 Å². The third-order valence-corrected chi connectivity index (χ3v) is 1.67. The number of carbonyl (C=O) groups is 1. The Kier molecular flexibility index (Phi) is 3.21. The Morgan fingerprint density at radius 2 is 2.29 bits per heavy atom. The van der Waals surface area contributed by atoms with E-state index in [4.69, 9.17) is 28.2 Å². The molecule has 1 atom stereocenters. The van der Waals surface area contributed by atoms with Gasteiger partial charge in [0.25, 0.3) is 0 Å². The summed E-state index contributed by atoms with van der Waals surface area (Å²) < 4.78 is 0. The number of nitrogens with two attached hydrogens (primary N) is 2. The summed E-state index contributed by atoms with van der Waals surface area (Å²) in [6.07, 6.45) is 0.0000926. The first kappa shape index (κ1) is 10.7. The molecule has 0 spiro atoms. The van der Waals surface area contributed by atoms with E-state index >= 15 is 0 Å². The summed E-state index contributed by atoms with van der Waals surface area (Å²) in [5.41, 5.74) is 10.7. The summed E-state index contributed by atoms with van der Waals surface area (Å²) in [6, 6.07) is 0.324. The highest BCUT2D eigenvalue weighted by Gasteiger charge is 2.14. The maximum absolute atomic E-state index is 10.4. The monoisotopic (exact) mass is 216 g/mol. The van der Waals surface area contributed by atoms with E-state index in [0.29, 0.717) is 0 Å². The van der Waals surface area contributed by atoms with Gasteiger partial charge < -0.3 is 16.6 Å². The fourth-order valence-electron chi connectivity index (χ4n) is 0.859. The molecule has 0 fully saturated rings. The van der Waals surface area contributed by atoms with E-state index in [-0.39, 0.29) is 23.2 Å². The second-order valence-corrected chi connectivity index (χ2v) is 3.07. The zero-order valence-electron chi connectivity index (χ0n) is 7.14. The largest absolute Gasteiger partial charge is 0.480 e. The van der Waals surface area contributed by atoms with Crippen molar-refractivity contribution in [1.82, 2.24) is 9.97 Å². The summed E-state index contributed by atoms with van der Waals surface area (Å²) in [7, 11) is 0. The van der Waals surface area contributed by atoms with Gasteiger partial charge in [-0.2, -0.15) is 0 Å². The van der Waals surface area contributed by atoms with E-state index < -0.39 is 12.0 Å². The number of halogens is 1. The Balaban J connectivity index is 2.81. The highest BCUT2D eigenvalue weighted by atomic mass is 35.5. The zero-order chi connectivity index (χ0) is 10.7. The van der Waals surface area contributed by atoms with Gasteiger partial charge >= 0.3 is 5.97 Å². The van der Waals surface area contributed by atoms with E-state index in [1.807, 2.05) is 0 Å². The highest BCUT2D eigenvalue weighted by Crippen LogP contribution is 2.09. The number of rotatable bonds is 3. The van der Waals surface area contributed by atoms with Gasteiger partial charge in [0.15, 0.2) is 0 Å². The van der Waals surface area contributed by atoms with Crippen LogP contribution in [0.4, 0.5) is 5.82 Å². The van der Waals surface area contributed by atoms with Crippen LogP contribution in [0.3, 0.4) is 0 Å². The summed E-state index contributed by atoms with van der Waals surface area (Å²) in [6.45, 7) is 0. The van der Waals surface area contributed by atoms with Crippen LogP contribution in [0.15, 0.2) is 6.07 Å². The fourth-order valence-corrected chi connectivity index (χ4v) is 1.07. The minimum Gasteiger partial charge on any atom is -0.480 e. The molecule has 1 heterocycles. The molecule has 1 aromatic rings. The van der Waals surface area contributed by atoms with Gasteiger partial charge in [-0.3, -0.25) is 4.79 Å². The van der Waals surface area contributed by atoms with Gasteiger partial charge in [-0.25, -0.2) is 9.97 Å². The summed E-state index contributed by atoms with van der Waals surface area (Å²) >= 11 is 5.59. The number of anilines is 1. The summed E-state index contributed by atoms with van der Waals surface area (Å²) in [5.74, 6) is -0.699. The van der Waals surface area contributed by atoms with Crippen LogP contribution < -0.4 is 11.5 Å². The molecule has 1 aromatic heterocycles. The van der Waals surface area contributed by atoms with Crippen LogP contribution in [0.5, 0.6) is 0 Å². The van der Waals surface area contributed by atoms with Crippen molar-refractivity contribution in [2.24, 2.45) is 5.73 Å². The third-order valence-electron chi connectivity index (χ3n) is 1.48. The van der Waals surface area contributed by atoms with Crippen LogP contribution in [-0.2, 0) is 11.2 Å². The first-order chi connectivity index (χ1) is 6.49. The molecule has 0 radical (unpaired) electrons. The van der Waals surface area contributed by atoms with Gasteiger partial charge in [0, 0.05) is 12.5 Å². The smallest absolute Gasteiger partial charge is 0.320 e.